The Morgan fingerprint density at radius 1 is 1.10 bits per heavy atom. The number of anilines is 1. The van der Waals surface area contributed by atoms with E-state index < -0.39 is 5.60 Å². The molecule has 4 aromatic rings. The third-order valence-corrected chi connectivity index (χ3v) is 6.40. The number of hydrogen-bond acceptors (Lipinski definition) is 4. The molecule has 1 N–H and O–H groups in total. The first-order chi connectivity index (χ1) is 14.3. The monoisotopic (exact) mass is 500 g/mol. The van der Waals surface area contributed by atoms with E-state index in [0.717, 1.165) is 25.3 Å². The van der Waals surface area contributed by atoms with Crippen LogP contribution in [0, 0.1) is 0 Å². The van der Waals surface area contributed by atoms with Gasteiger partial charge < -0.3 is 10.1 Å². The fourth-order valence-electron chi connectivity index (χ4n) is 2.88. The second kappa shape index (κ2) is 8.38. The summed E-state index contributed by atoms with van der Waals surface area (Å²) in [5.74, 6) is 0.344. The molecule has 1 amide bonds. The number of carbonyl (C=O) groups is 1. The minimum atomic E-state index is -1.06. The second-order valence-electron chi connectivity index (χ2n) is 7.20. The lowest BCUT2D eigenvalue weighted by Crippen LogP contribution is -2.42. The molecule has 0 bridgehead atoms. The van der Waals surface area contributed by atoms with Crippen molar-refractivity contribution in [3.05, 3.63) is 76.2 Å². The van der Waals surface area contributed by atoms with Crippen LogP contribution in [0.4, 0.5) is 5.69 Å². The Labute approximate surface area is 192 Å². The minimum absolute atomic E-state index is 0.269. The second-order valence-corrected chi connectivity index (χ2v) is 9.56. The number of hydrogen-bond donors (Lipinski definition) is 1. The highest BCUT2D eigenvalue weighted by Gasteiger charge is 2.30. The van der Waals surface area contributed by atoms with Crippen molar-refractivity contribution >= 4 is 60.7 Å². The van der Waals surface area contributed by atoms with Crippen molar-refractivity contribution < 1.29 is 9.53 Å². The van der Waals surface area contributed by atoms with Gasteiger partial charge in [0.2, 0.25) is 0 Å². The van der Waals surface area contributed by atoms with Gasteiger partial charge in [-0.15, -0.1) is 11.3 Å². The van der Waals surface area contributed by atoms with Crippen molar-refractivity contribution in [2.24, 2.45) is 0 Å². The van der Waals surface area contributed by atoms with Crippen LogP contribution in [0.2, 0.25) is 5.02 Å². The molecule has 4 nitrogen and oxygen atoms in total. The van der Waals surface area contributed by atoms with Crippen molar-refractivity contribution in [3.8, 4) is 16.3 Å². The molecule has 0 aliphatic rings. The Morgan fingerprint density at radius 2 is 1.83 bits per heavy atom. The zero-order valence-corrected chi connectivity index (χ0v) is 19.4. The van der Waals surface area contributed by atoms with Crippen LogP contribution in [0.1, 0.15) is 13.8 Å². The molecule has 0 unspecified atom stereocenters. The molecule has 7 heteroatoms. The minimum Gasteiger partial charge on any atom is -0.478 e. The molecule has 0 aliphatic heterocycles. The summed E-state index contributed by atoms with van der Waals surface area (Å²) < 4.78 is 7.92. The summed E-state index contributed by atoms with van der Waals surface area (Å²) in [5, 5.41) is 4.26. The molecule has 1 aromatic heterocycles. The van der Waals surface area contributed by atoms with Gasteiger partial charge in [0.05, 0.1) is 15.2 Å². The van der Waals surface area contributed by atoms with Gasteiger partial charge in [0.15, 0.2) is 5.60 Å². The molecule has 1 heterocycles. The summed E-state index contributed by atoms with van der Waals surface area (Å²) in [6, 6.07) is 20.7. The lowest BCUT2D eigenvalue weighted by atomic mass is 10.1. The number of thiazole rings is 1. The molecule has 0 spiro atoms. The number of aromatic nitrogens is 1. The number of rotatable bonds is 5. The van der Waals surface area contributed by atoms with Crippen LogP contribution in [-0.4, -0.2) is 16.5 Å². The molecule has 3 aromatic carbocycles. The topological polar surface area (TPSA) is 51.2 Å². The molecule has 4 rings (SSSR count). The maximum absolute atomic E-state index is 12.8. The van der Waals surface area contributed by atoms with Crippen molar-refractivity contribution in [1.29, 1.82) is 0 Å². The molecule has 0 aliphatic carbocycles. The predicted molar refractivity (Wildman–Crippen MR) is 128 cm³/mol. The number of halogens is 2. The molecule has 0 saturated heterocycles. The first-order valence-electron chi connectivity index (χ1n) is 9.23. The van der Waals surface area contributed by atoms with Gasteiger partial charge in [-0.1, -0.05) is 39.7 Å². The van der Waals surface area contributed by atoms with Crippen molar-refractivity contribution in [2.45, 2.75) is 19.4 Å². The van der Waals surface area contributed by atoms with E-state index in [9.17, 15) is 4.79 Å². The SMILES string of the molecule is CC(C)(Oc1ccc(Br)cc1)C(=O)Nc1ccc(-c2nc3ccccc3s2)c(Cl)c1. The van der Waals surface area contributed by atoms with E-state index in [1.54, 1.807) is 31.3 Å². The fourth-order valence-corrected chi connectivity index (χ4v) is 4.47. The maximum Gasteiger partial charge on any atom is 0.267 e. The lowest BCUT2D eigenvalue weighted by Gasteiger charge is -2.25. The highest BCUT2D eigenvalue weighted by atomic mass is 79.9. The molecule has 152 valence electrons. The standard InChI is InChI=1S/C23H18BrClN2O2S/c1-23(2,29-16-10-7-14(24)8-11-16)22(28)26-15-9-12-17(18(25)13-15)21-27-19-5-3-4-6-20(19)30-21/h3-13H,1-2H3,(H,26,28). The third kappa shape index (κ3) is 4.51. The molecule has 30 heavy (non-hydrogen) atoms. The molecule has 0 fully saturated rings. The zero-order chi connectivity index (χ0) is 21.3. The van der Waals surface area contributed by atoms with E-state index in [-0.39, 0.29) is 5.91 Å². The van der Waals surface area contributed by atoms with Crippen LogP contribution in [-0.2, 0) is 4.79 Å². The van der Waals surface area contributed by atoms with E-state index in [4.69, 9.17) is 16.3 Å². The van der Waals surface area contributed by atoms with Gasteiger partial charge in [-0.2, -0.15) is 0 Å². The maximum atomic E-state index is 12.8. The smallest absolute Gasteiger partial charge is 0.267 e. The van der Waals surface area contributed by atoms with Crippen LogP contribution >= 0.6 is 38.9 Å². The van der Waals surface area contributed by atoms with Gasteiger partial charge in [0.25, 0.3) is 5.91 Å². The number of carbonyl (C=O) groups excluding carboxylic acids is 1. The van der Waals surface area contributed by atoms with Gasteiger partial charge in [0.1, 0.15) is 10.8 Å². The normalized spacial score (nSPS) is 11.5. The Hall–Kier alpha value is -2.41. The summed E-state index contributed by atoms with van der Waals surface area (Å²) in [4.78, 5) is 17.4. The Balaban J connectivity index is 1.51. The zero-order valence-electron chi connectivity index (χ0n) is 16.3. The largest absolute Gasteiger partial charge is 0.478 e. The first-order valence-corrected chi connectivity index (χ1v) is 11.2. The van der Waals surface area contributed by atoms with E-state index in [0.29, 0.717) is 16.5 Å². The molecular weight excluding hydrogens is 484 g/mol. The van der Waals surface area contributed by atoms with Gasteiger partial charge >= 0.3 is 0 Å². The van der Waals surface area contributed by atoms with Crippen LogP contribution in [0.25, 0.3) is 20.8 Å². The number of para-hydroxylation sites is 1. The van der Waals surface area contributed by atoms with Gasteiger partial charge in [0, 0.05) is 15.7 Å². The molecular formula is C23H18BrClN2O2S. The Kier molecular flexibility index (Phi) is 5.82. The Bertz CT molecular complexity index is 1190. The Morgan fingerprint density at radius 3 is 2.53 bits per heavy atom. The van der Waals surface area contributed by atoms with E-state index in [1.807, 2.05) is 60.7 Å². The number of ether oxygens (including phenoxy) is 1. The van der Waals surface area contributed by atoms with Crippen LogP contribution < -0.4 is 10.1 Å². The van der Waals surface area contributed by atoms with Crippen molar-refractivity contribution in [2.75, 3.05) is 5.32 Å². The quantitative estimate of drug-likeness (QED) is 0.315. The number of fused-ring (bicyclic) bond motifs is 1. The van der Waals surface area contributed by atoms with Gasteiger partial charge in [-0.25, -0.2) is 4.98 Å². The molecule has 0 atom stereocenters. The summed E-state index contributed by atoms with van der Waals surface area (Å²) >= 11 is 11.5. The number of nitrogens with one attached hydrogen (secondary N) is 1. The van der Waals surface area contributed by atoms with E-state index >= 15 is 0 Å². The number of benzene rings is 3. The van der Waals surface area contributed by atoms with Crippen molar-refractivity contribution in [1.82, 2.24) is 4.98 Å². The number of amides is 1. The number of nitrogens with zero attached hydrogens (tertiary/aromatic N) is 1. The van der Waals surface area contributed by atoms with E-state index in [1.165, 1.54) is 0 Å². The van der Waals surface area contributed by atoms with E-state index in [2.05, 4.69) is 26.2 Å². The average Bonchev–Trinajstić information content (AvgIpc) is 3.13. The average molecular weight is 502 g/mol. The summed E-state index contributed by atoms with van der Waals surface area (Å²) in [6.07, 6.45) is 0. The first kappa shape index (κ1) is 20.8. The van der Waals surface area contributed by atoms with Crippen molar-refractivity contribution in [3.63, 3.8) is 0 Å². The van der Waals surface area contributed by atoms with Gasteiger partial charge in [-0.05, 0) is 68.4 Å². The third-order valence-electron chi connectivity index (χ3n) is 4.48. The van der Waals surface area contributed by atoms with Crippen LogP contribution in [0.3, 0.4) is 0 Å². The van der Waals surface area contributed by atoms with Crippen LogP contribution in [0.5, 0.6) is 5.75 Å². The highest BCUT2D eigenvalue weighted by Crippen LogP contribution is 2.35. The fraction of sp³-hybridized carbons (Fsp3) is 0.130. The highest BCUT2D eigenvalue weighted by molar-refractivity contribution is 9.10. The molecule has 0 saturated carbocycles. The summed E-state index contributed by atoms with van der Waals surface area (Å²) in [5.41, 5.74) is 1.31. The summed E-state index contributed by atoms with van der Waals surface area (Å²) in [7, 11) is 0. The predicted octanol–water partition coefficient (Wildman–Crippen LogP) is 7.18. The van der Waals surface area contributed by atoms with Crippen LogP contribution in [0.15, 0.2) is 71.2 Å². The van der Waals surface area contributed by atoms with Gasteiger partial charge in [-0.3, -0.25) is 4.79 Å². The lowest BCUT2D eigenvalue weighted by molar-refractivity contribution is -0.128. The molecule has 0 radical (unpaired) electrons. The summed E-state index contributed by atoms with van der Waals surface area (Å²) in [6.45, 7) is 3.45.